The summed E-state index contributed by atoms with van der Waals surface area (Å²) in [5.41, 5.74) is 3.64. The van der Waals surface area contributed by atoms with Crippen molar-refractivity contribution in [3.63, 3.8) is 0 Å². The molecule has 2 aliphatic heterocycles. The van der Waals surface area contributed by atoms with Crippen molar-refractivity contribution in [2.24, 2.45) is 0 Å². The minimum Gasteiger partial charge on any atom is -0.372 e. The van der Waals surface area contributed by atoms with E-state index in [1.165, 1.54) is 27.8 Å². The number of nitrogens with one attached hydrogen (secondary N) is 1. The number of hydrogen-bond donors (Lipinski definition) is 1. The lowest BCUT2D eigenvalue weighted by molar-refractivity contribution is 0.107. The molecule has 2 aromatic rings. The Morgan fingerprint density at radius 3 is 2.82 bits per heavy atom. The van der Waals surface area contributed by atoms with Crippen molar-refractivity contribution in [3.8, 4) is 5.69 Å². The normalized spacial score (nSPS) is 21.2. The van der Waals surface area contributed by atoms with Gasteiger partial charge in [0.15, 0.2) is 0 Å². The molecule has 0 spiro atoms. The monoisotopic (exact) mass is 409 g/mol. The van der Waals surface area contributed by atoms with Gasteiger partial charge in [0.1, 0.15) is 11.9 Å². The Morgan fingerprint density at radius 2 is 2.05 bits per heavy atom. The van der Waals surface area contributed by atoms with Crippen LogP contribution in [-0.2, 0) is 11.2 Å². The summed E-state index contributed by atoms with van der Waals surface area (Å²) < 4.78 is 9.23. The summed E-state index contributed by atoms with van der Waals surface area (Å²) >= 11 is 2.34. The summed E-state index contributed by atoms with van der Waals surface area (Å²) in [7, 11) is 0. The van der Waals surface area contributed by atoms with Crippen LogP contribution in [0.1, 0.15) is 43.0 Å². The highest BCUT2D eigenvalue weighted by Crippen LogP contribution is 2.36. The molecule has 4 rings (SSSR count). The molecule has 1 atom stereocenters. The molecule has 116 valence electrons. The third-order valence-corrected chi connectivity index (χ3v) is 5.19. The maximum absolute atomic E-state index is 5.91. The van der Waals surface area contributed by atoms with Gasteiger partial charge >= 0.3 is 0 Å². The Morgan fingerprint density at radius 1 is 1.18 bits per heavy atom. The van der Waals surface area contributed by atoms with E-state index in [2.05, 4.69) is 56.9 Å². The van der Waals surface area contributed by atoms with E-state index in [1.807, 2.05) is 0 Å². The van der Waals surface area contributed by atoms with Crippen molar-refractivity contribution >= 4 is 28.4 Å². The lowest BCUT2D eigenvalue weighted by Crippen LogP contribution is -2.07. The van der Waals surface area contributed by atoms with E-state index in [4.69, 9.17) is 9.84 Å². The number of anilines is 1. The van der Waals surface area contributed by atoms with Gasteiger partial charge in [0, 0.05) is 22.3 Å². The molecule has 22 heavy (non-hydrogen) atoms. The highest BCUT2D eigenvalue weighted by atomic mass is 127. The predicted octanol–water partition coefficient (Wildman–Crippen LogP) is 4.08. The molecule has 2 aliphatic rings. The average Bonchev–Trinajstić information content (AvgIpc) is 3.10. The molecular formula is C17H20IN3O. The lowest BCUT2D eigenvalue weighted by Gasteiger charge is -2.09. The largest absolute Gasteiger partial charge is 0.372 e. The fourth-order valence-electron chi connectivity index (χ4n) is 3.35. The summed E-state index contributed by atoms with van der Waals surface area (Å²) in [4.78, 5) is 0. The van der Waals surface area contributed by atoms with Gasteiger partial charge in [-0.15, -0.1) is 0 Å². The van der Waals surface area contributed by atoms with E-state index in [0.717, 1.165) is 43.8 Å². The summed E-state index contributed by atoms with van der Waals surface area (Å²) in [6.07, 6.45) is 5.95. The van der Waals surface area contributed by atoms with E-state index in [1.54, 1.807) is 0 Å². The highest BCUT2D eigenvalue weighted by molar-refractivity contribution is 14.1. The van der Waals surface area contributed by atoms with Crippen LogP contribution in [0, 0.1) is 3.57 Å². The summed E-state index contributed by atoms with van der Waals surface area (Å²) in [6, 6.07) is 8.54. The summed E-state index contributed by atoms with van der Waals surface area (Å²) in [5, 5.41) is 8.54. The van der Waals surface area contributed by atoms with Gasteiger partial charge in [0.25, 0.3) is 0 Å². The zero-order chi connectivity index (χ0) is 14.9. The molecule has 1 aromatic heterocycles. The first-order valence-electron chi connectivity index (χ1n) is 8.06. The Kier molecular flexibility index (Phi) is 4.09. The Bertz CT molecular complexity index is 659. The van der Waals surface area contributed by atoms with Crippen LogP contribution in [0.15, 0.2) is 24.3 Å². The topological polar surface area (TPSA) is 39.1 Å². The van der Waals surface area contributed by atoms with Crippen molar-refractivity contribution in [2.45, 2.75) is 38.2 Å². The van der Waals surface area contributed by atoms with Crippen LogP contribution in [-0.4, -0.2) is 22.9 Å². The van der Waals surface area contributed by atoms with Gasteiger partial charge in [-0.2, -0.15) is 5.10 Å². The van der Waals surface area contributed by atoms with Crippen LogP contribution in [0.5, 0.6) is 0 Å². The van der Waals surface area contributed by atoms with Gasteiger partial charge in [0.05, 0.1) is 11.4 Å². The van der Waals surface area contributed by atoms with Gasteiger partial charge in [-0.1, -0.05) is 0 Å². The first-order valence-corrected chi connectivity index (χ1v) is 9.14. The van der Waals surface area contributed by atoms with Crippen molar-refractivity contribution < 1.29 is 4.74 Å². The highest BCUT2D eigenvalue weighted by Gasteiger charge is 2.28. The first kappa shape index (κ1) is 14.5. The van der Waals surface area contributed by atoms with Crippen LogP contribution in [0.3, 0.4) is 0 Å². The number of fused-ring (bicyclic) bond motifs is 1. The van der Waals surface area contributed by atoms with E-state index in [9.17, 15) is 0 Å². The molecule has 0 bridgehead atoms. The van der Waals surface area contributed by atoms with Gasteiger partial charge in [0.2, 0.25) is 0 Å². The molecule has 0 saturated carbocycles. The van der Waals surface area contributed by atoms with Crippen LogP contribution in [0.25, 0.3) is 5.69 Å². The minimum atomic E-state index is 0.179. The van der Waals surface area contributed by atoms with E-state index in [-0.39, 0.29) is 6.10 Å². The zero-order valence-corrected chi connectivity index (χ0v) is 14.7. The molecule has 1 fully saturated rings. The summed E-state index contributed by atoms with van der Waals surface area (Å²) in [5.74, 6) is 1.17. The molecule has 1 saturated heterocycles. The van der Waals surface area contributed by atoms with Gasteiger partial charge in [-0.05, 0) is 79.0 Å². The maximum Gasteiger partial charge on any atom is 0.133 e. The van der Waals surface area contributed by atoms with E-state index in [0.29, 0.717) is 0 Å². The molecule has 0 aliphatic carbocycles. The van der Waals surface area contributed by atoms with Crippen LogP contribution in [0.2, 0.25) is 0 Å². The summed E-state index contributed by atoms with van der Waals surface area (Å²) in [6.45, 7) is 1.89. The number of rotatable bonds is 2. The number of nitrogens with zero attached hydrogens (tertiary/aromatic N) is 2. The standard InChI is InChI=1S/C17H20IN3O/c18-12-6-8-13(9-7-12)21-17-14(4-1-2-10-19-17)16(20-21)15-5-3-11-22-15/h6-9,15,19H,1-5,10-11H2. The number of hydrogen-bond acceptors (Lipinski definition) is 3. The Hall–Kier alpha value is -1.08. The molecule has 1 N–H and O–H groups in total. The second-order valence-electron chi connectivity index (χ2n) is 5.99. The fraction of sp³-hybridized carbons (Fsp3) is 0.471. The quantitative estimate of drug-likeness (QED) is 0.760. The zero-order valence-electron chi connectivity index (χ0n) is 12.5. The van der Waals surface area contributed by atoms with E-state index >= 15 is 0 Å². The van der Waals surface area contributed by atoms with E-state index < -0.39 is 0 Å². The predicted molar refractivity (Wildman–Crippen MR) is 95.6 cm³/mol. The second kappa shape index (κ2) is 6.20. The number of ether oxygens (including phenoxy) is 1. The third kappa shape index (κ3) is 2.65. The Balaban J connectivity index is 1.81. The van der Waals surface area contributed by atoms with Crippen molar-refractivity contribution in [1.82, 2.24) is 9.78 Å². The molecular weight excluding hydrogens is 389 g/mol. The molecule has 5 heteroatoms. The fourth-order valence-corrected chi connectivity index (χ4v) is 3.71. The van der Waals surface area contributed by atoms with Crippen LogP contribution >= 0.6 is 22.6 Å². The van der Waals surface area contributed by atoms with Gasteiger partial charge < -0.3 is 10.1 Å². The van der Waals surface area contributed by atoms with Gasteiger partial charge in [-0.3, -0.25) is 0 Å². The average molecular weight is 409 g/mol. The molecule has 0 amide bonds. The van der Waals surface area contributed by atoms with Crippen molar-refractivity contribution in [1.29, 1.82) is 0 Å². The number of halogens is 1. The SMILES string of the molecule is Ic1ccc(-n2nc(C3CCCO3)c3c2NCCCC3)cc1. The van der Waals surface area contributed by atoms with Crippen LogP contribution in [0.4, 0.5) is 5.82 Å². The van der Waals surface area contributed by atoms with Crippen LogP contribution < -0.4 is 5.32 Å². The first-order chi connectivity index (χ1) is 10.8. The minimum absolute atomic E-state index is 0.179. The van der Waals surface area contributed by atoms with Gasteiger partial charge in [-0.25, -0.2) is 4.68 Å². The van der Waals surface area contributed by atoms with Crippen molar-refractivity contribution in [2.75, 3.05) is 18.5 Å². The maximum atomic E-state index is 5.91. The molecule has 1 unspecified atom stereocenters. The molecule has 4 nitrogen and oxygen atoms in total. The Labute approximate surface area is 144 Å². The molecule has 3 heterocycles. The number of benzene rings is 1. The third-order valence-electron chi connectivity index (χ3n) is 4.47. The second-order valence-corrected chi connectivity index (χ2v) is 7.23. The molecule has 0 radical (unpaired) electrons. The molecule has 1 aromatic carbocycles. The van der Waals surface area contributed by atoms with Crippen molar-refractivity contribution in [3.05, 3.63) is 39.1 Å². The smallest absolute Gasteiger partial charge is 0.133 e. The number of aromatic nitrogens is 2. The lowest BCUT2D eigenvalue weighted by atomic mass is 10.0.